The zero-order valence-electron chi connectivity index (χ0n) is 41.7. The molecule has 0 fully saturated rings. The van der Waals surface area contributed by atoms with Crippen LogP contribution >= 0.6 is 0 Å². The molecule has 366 valence electrons. The van der Waals surface area contributed by atoms with Gasteiger partial charge in [-0.2, -0.15) is 0 Å². The topological polar surface area (TPSA) is 102 Å². The number of carbonyl (C=O) groups is 3. The molecule has 0 heterocycles. The molecule has 63 heavy (non-hydrogen) atoms. The zero-order chi connectivity index (χ0) is 46.3. The third-order valence-electron chi connectivity index (χ3n) is 11.7. The van der Waals surface area contributed by atoms with Gasteiger partial charge in [0, 0.05) is 19.3 Å². The molecule has 8 nitrogen and oxygen atoms in total. The molecular weight excluding hydrogens is 787 g/mol. The Kier molecular flexibility index (Phi) is 43.9. The van der Waals surface area contributed by atoms with Gasteiger partial charge in [-0.25, -0.2) is 0 Å². The normalized spacial score (nSPS) is 13.2. The number of rotatable bonds is 47. The van der Waals surface area contributed by atoms with E-state index < -0.39 is 18.1 Å². The highest BCUT2D eigenvalue weighted by Crippen LogP contribution is 2.15. The van der Waals surface area contributed by atoms with Crippen LogP contribution in [0.1, 0.15) is 232 Å². The Bertz CT molecular complexity index is 1170. The quantitative estimate of drug-likeness (QED) is 0.0259. The molecule has 0 aliphatic carbocycles. The van der Waals surface area contributed by atoms with Gasteiger partial charge in [0.05, 0.1) is 40.3 Å². The number of ether oxygens (including phenoxy) is 3. The summed E-state index contributed by atoms with van der Waals surface area (Å²) in [6.45, 7) is 4.57. The Hall–Kier alpha value is -2.71. The van der Waals surface area contributed by atoms with Gasteiger partial charge in [-0.1, -0.05) is 191 Å². The van der Waals surface area contributed by atoms with Crippen LogP contribution in [0.4, 0.5) is 0 Å². The van der Waals surface area contributed by atoms with Crippen molar-refractivity contribution in [3.8, 4) is 0 Å². The van der Waals surface area contributed by atoms with E-state index in [4.69, 9.17) is 14.2 Å². The van der Waals surface area contributed by atoms with Gasteiger partial charge >= 0.3 is 11.9 Å². The minimum absolute atomic E-state index is 0.0376. The number of carboxylic acids is 1. The number of quaternary nitrogens is 1. The molecule has 0 rings (SSSR count). The third-order valence-corrected chi connectivity index (χ3v) is 11.7. The SMILES string of the molecule is CC/C=C/C/C=C/C/C=C/CCCCCCCCCCCC(=O)OC(COCCC(C(=O)[O-])[N+](C)(C)C)COC(=O)CCCCCCCCC/C=C/CCCCCCCCCCC. The molecule has 2 unspecified atom stereocenters. The van der Waals surface area contributed by atoms with Gasteiger partial charge in [-0.15, -0.1) is 0 Å². The highest BCUT2D eigenvalue weighted by molar-refractivity contribution is 5.70. The molecule has 0 aromatic rings. The summed E-state index contributed by atoms with van der Waals surface area (Å²) in [5.74, 6) is -1.74. The van der Waals surface area contributed by atoms with Gasteiger partial charge < -0.3 is 28.6 Å². The summed E-state index contributed by atoms with van der Waals surface area (Å²) in [6.07, 6.45) is 55.7. The number of carbonyl (C=O) groups excluding carboxylic acids is 3. The summed E-state index contributed by atoms with van der Waals surface area (Å²) < 4.78 is 17.3. The van der Waals surface area contributed by atoms with Crippen LogP contribution in [0.5, 0.6) is 0 Å². The molecule has 0 aliphatic rings. The molecule has 0 aromatic heterocycles. The zero-order valence-corrected chi connectivity index (χ0v) is 41.7. The molecule has 0 saturated carbocycles. The predicted molar refractivity (Wildman–Crippen MR) is 263 cm³/mol. The van der Waals surface area contributed by atoms with E-state index in [1.54, 1.807) is 21.1 Å². The van der Waals surface area contributed by atoms with Crippen LogP contribution in [0.2, 0.25) is 0 Å². The van der Waals surface area contributed by atoms with Crippen LogP contribution in [-0.4, -0.2) is 75.5 Å². The fourth-order valence-electron chi connectivity index (χ4n) is 7.67. The Morgan fingerprint density at radius 3 is 1.33 bits per heavy atom. The summed E-state index contributed by atoms with van der Waals surface area (Å²) in [4.78, 5) is 37.1. The van der Waals surface area contributed by atoms with E-state index in [0.717, 1.165) is 64.2 Å². The third kappa shape index (κ3) is 44.3. The van der Waals surface area contributed by atoms with Gasteiger partial charge in [0.1, 0.15) is 12.6 Å². The molecule has 0 amide bonds. The molecule has 0 aliphatic heterocycles. The van der Waals surface area contributed by atoms with E-state index in [2.05, 4.69) is 62.5 Å². The van der Waals surface area contributed by atoms with Crippen molar-refractivity contribution in [1.82, 2.24) is 0 Å². The lowest BCUT2D eigenvalue weighted by molar-refractivity contribution is -0.889. The van der Waals surface area contributed by atoms with E-state index in [0.29, 0.717) is 12.8 Å². The first-order chi connectivity index (χ1) is 30.6. The lowest BCUT2D eigenvalue weighted by atomic mass is 10.1. The summed E-state index contributed by atoms with van der Waals surface area (Å²) in [7, 11) is 5.42. The maximum atomic E-state index is 12.8. The summed E-state index contributed by atoms with van der Waals surface area (Å²) in [5, 5.41) is 11.7. The van der Waals surface area contributed by atoms with Crippen LogP contribution < -0.4 is 5.11 Å². The van der Waals surface area contributed by atoms with Crippen LogP contribution in [0.15, 0.2) is 48.6 Å². The van der Waals surface area contributed by atoms with Crippen molar-refractivity contribution in [2.75, 3.05) is 41.0 Å². The first-order valence-corrected chi connectivity index (χ1v) is 26.2. The second-order valence-corrected chi connectivity index (χ2v) is 18.7. The first kappa shape index (κ1) is 60.3. The maximum Gasteiger partial charge on any atom is 0.306 e. The molecule has 0 spiro atoms. The van der Waals surface area contributed by atoms with E-state index in [9.17, 15) is 19.5 Å². The van der Waals surface area contributed by atoms with Crippen molar-refractivity contribution >= 4 is 17.9 Å². The Morgan fingerprint density at radius 1 is 0.492 bits per heavy atom. The lowest BCUT2D eigenvalue weighted by Crippen LogP contribution is -2.55. The molecule has 0 N–H and O–H groups in total. The van der Waals surface area contributed by atoms with E-state index >= 15 is 0 Å². The van der Waals surface area contributed by atoms with Gasteiger partial charge in [-0.3, -0.25) is 9.59 Å². The van der Waals surface area contributed by atoms with Crippen molar-refractivity contribution in [2.45, 2.75) is 244 Å². The van der Waals surface area contributed by atoms with Crippen molar-refractivity contribution < 1.29 is 38.2 Å². The fourth-order valence-corrected chi connectivity index (χ4v) is 7.67. The standard InChI is InChI=1S/C55H99NO7/c1-6-8-10-12-14-16-18-20-22-24-26-28-29-31-33-35-37-39-41-43-45-53(57)62-50-51(49-61-48-47-52(55(59)60)56(3,4)5)63-54(58)46-44-42-40-38-36-34-32-30-27-25-23-21-19-17-15-13-11-9-7-2/h9,11,15,17,21,23,26,28,51-52H,6-8,10,12-14,16,18-20,22,24-25,27,29-50H2,1-5H3/b11-9+,17-15+,23-21+,28-26+. The average molecular weight is 886 g/mol. The van der Waals surface area contributed by atoms with E-state index in [-0.39, 0.29) is 42.7 Å². The van der Waals surface area contributed by atoms with Crippen molar-refractivity contribution in [3.63, 3.8) is 0 Å². The highest BCUT2D eigenvalue weighted by atomic mass is 16.6. The maximum absolute atomic E-state index is 12.8. The largest absolute Gasteiger partial charge is 0.544 e. The minimum Gasteiger partial charge on any atom is -0.544 e. The highest BCUT2D eigenvalue weighted by Gasteiger charge is 2.25. The Labute approximate surface area is 388 Å². The van der Waals surface area contributed by atoms with Crippen LogP contribution in [0.25, 0.3) is 0 Å². The van der Waals surface area contributed by atoms with Gasteiger partial charge in [0.25, 0.3) is 0 Å². The summed E-state index contributed by atoms with van der Waals surface area (Å²) in [5.41, 5.74) is 0. The first-order valence-electron chi connectivity index (χ1n) is 26.2. The van der Waals surface area contributed by atoms with Crippen molar-refractivity contribution in [2.24, 2.45) is 0 Å². The number of carboxylic acid groups (broad SMARTS) is 1. The molecule has 0 bridgehead atoms. The number of likely N-dealkylation sites (N-methyl/N-ethyl adjacent to an activating group) is 1. The summed E-state index contributed by atoms with van der Waals surface area (Å²) in [6, 6.07) is -0.728. The second-order valence-electron chi connectivity index (χ2n) is 18.7. The Morgan fingerprint density at radius 2 is 0.889 bits per heavy atom. The number of hydrogen-bond donors (Lipinski definition) is 0. The van der Waals surface area contributed by atoms with Crippen LogP contribution in [0.3, 0.4) is 0 Å². The fraction of sp³-hybridized carbons (Fsp3) is 0.800. The minimum atomic E-state index is -1.13. The number of nitrogens with zero attached hydrogens (tertiary/aromatic N) is 1. The van der Waals surface area contributed by atoms with Gasteiger partial charge in [-0.05, 0) is 70.6 Å². The summed E-state index contributed by atoms with van der Waals surface area (Å²) >= 11 is 0. The van der Waals surface area contributed by atoms with Crippen molar-refractivity contribution in [1.29, 1.82) is 0 Å². The van der Waals surface area contributed by atoms with Crippen molar-refractivity contribution in [3.05, 3.63) is 48.6 Å². The second kappa shape index (κ2) is 45.8. The molecule has 0 aromatic carbocycles. The number of allylic oxidation sites excluding steroid dienone is 8. The van der Waals surface area contributed by atoms with Gasteiger partial charge in [0.15, 0.2) is 6.10 Å². The number of hydrogen-bond acceptors (Lipinski definition) is 7. The van der Waals surface area contributed by atoms with Crippen LogP contribution in [-0.2, 0) is 28.6 Å². The predicted octanol–water partition coefficient (Wildman–Crippen LogP) is 13.8. The molecule has 0 saturated heterocycles. The lowest BCUT2D eigenvalue weighted by Gasteiger charge is -2.34. The molecule has 2 atom stereocenters. The molecule has 0 radical (unpaired) electrons. The number of esters is 2. The number of aliphatic carboxylic acids is 1. The average Bonchev–Trinajstić information content (AvgIpc) is 3.24. The van der Waals surface area contributed by atoms with E-state index in [1.807, 2.05) is 0 Å². The number of unbranched alkanes of at least 4 members (excludes halogenated alkanes) is 25. The smallest absolute Gasteiger partial charge is 0.306 e. The van der Waals surface area contributed by atoms with Gasteiger partial charge in [0.2, 0.25) is 0 Å². The monoisotopic (exact) mass is 886 g/mol. The Balaban J connectivity index is 4.24. The molecule has 8 heteroatoms. The van der Waals surface area contributed by atoms with Crippen LogP contribution in [0, 0.1) is 0 Å². The van der Waals surface area contributed by atoms with E-state index in [1.165, 1.54) is 135 Å². The molecular formula is C55H99NO7.